The van der Waals surface area contributed by atoms with E-state index in [1.54, 1.807) is 19.9 Å². The summed E-state index contributed by atoms with van der Waals surface area (Å²) in [7, 11) is 1.24. The summed E-state index contributed by atoms with van der Waals surface area (Å²) < 4.78 is 19.9. The molecule has 1 unspecified atom stereocenters. The number of hydrogen-bond acceptors (Lipinski definition) is 7. The van der Waals surface area contributed by atoms with E-state index in [4.69, 9.17) is 13.6 Å². The highest BCUT2D eigenvalue weighted by molar-refractivity contribution is 5.94. The molecule has 8 nitrogen and oxygen atoms in total. The SMILES string of the molecule is COC(=O)c1ccc(COC(=O)C(NC(=O)c2ccco2)C(C)C)o1. The number of methoxy groups -OCH3 is 1. The van der Waals surface area contributed by atoms with Crippen LogP contribution >= 0.6 is 0 Å². The standard InChI is InChI=1S/C17H19NO7/c1-10(2)14(18-15(19)12-5-4-8-23-12)17(21)24-9-11-6-7-13(25-11)16(20)22-3/h4-8,10,14H,9H2,1-3H3,(H,18,19). The molecule has 2 heterocycles. The monoisotopic (exact) mass is 349 g/mol. The lowest BCUT2D eigenvalue weighted by Gasteiger charge is -2.20. The Morgan fingerprint density at radius 3 is 2.52 bits per heavy atom. The van der Waals surface area contributed by atoms with Gasteiger partial charge in [0.05, 0.1) is 13.4 Å². The van der Waals surface area contributed by atoms with Crippen LogP contribution < -0.4 is 5.32 Å². The van der Waals surface area contributed by atoms with Crippen molar-refractivity contribution in [1.29, 1.82) is 0 Å². The van der Waals surface area contributed by atoms with Crippen molar-refractivity contribution in [2.75, 3.05) is 7.11 Å². The third-order valence-corrected chi connectivity index (χ3v) is 3.36. The van der Waals surface area contributed by atoms with E-state index in [-0.39, 0.29) is 29.8 Å². The number of carbonyl (C=O) groups is 3. The van der Waals surface area contributed by atoms with Crippen LogP contribution in [0.1, 0.15) is 40.7 Å². The number of esters is 2. The smallest absolute Gasteiger partial charge is 0.373 e. The molecule has 0 saturated carbocycles. The quantitative estimate of drug-likeness (QED) is 0.763. The fraction of sp³-hybridized carbons (Fsp3) is 0.353. The van der Waals surface area contributed by atoms with Crippen LogP contribution in [0.2, 0.25) is 0 Å². The summed E-state index contributed by atoms with van der Waals surface area (Å²) in [6.45, 7) is 3.38. The zero-order chi connectivity index (χ0) is 18.4. The van der Waals surface area contributed by atoms with E-state index >= 15 is 0 Å². The highest BCUT2D eigenvalue weighted by Crippen LogP contribution is 2.12. The Kier molecular flexibility index (Phi) is 5.99. The maximum absolute atomic E-state index is 12.3. The number of furan rings is 2. The molecule has 2 aromatic rings. The summed E-state index contributed by atoms with van der Waals surface area (Å²) in [4.78, 5) is 35.6. The van der Waals surface area contributed by atoms with E-state index in [0.717, 1.165) is 0 Å². The summed E-state index contributed by atoms with van der Waals surface area (Å²) in [5.74, 6) is -1.55. The highest BCUT2D eigenvalue weighted by atomic mass is 16.6. The van der Waals surface area contributed by atoms with E-state index < -0.39 is 23.9 Å². The average molecular weight is 349 g/mol. The van der Waals surface area contributed by atoms with Crippen LogP contribution in [0.3, 0.4) is 0 Å². The second-order valence-corrected chi connectivity index (χ2v) is 5.54. The molecule has 0 aromatic carbocycles. The third kappa shape index (κ3) is 4.72. The van der Waals surface area contributed by atoms with Crippen molar-refractivity contribution < 1.29 is 32.7 Å². The fourth-order valence-electron chi connectivity index (χ4n) is 2.02. The molecule has 0 aliphatic rings. The maximum Gasteiger partial charge on any atom is 0.373 e. The van der Waals surface area contributed by atoms with Crippen molar-refractivity contribution in [2.45, 2.75) is 26.5 Å². The molecule has 0 spiro atoms. The number of rotatable bonds is 7. The largest absolute Gasteiger partial charge is 0.463 e. The topological polar surface area (TPSA) is 108 Å². The van der Waals surface area contributed by atoms with Gasteiger partial charge < -0.3 is 23.6 Å². The minimum absolute atomic E-state index is 0.0140. The second kappa shape index (κ2) is 8.18. The van der Waals surface area contributed by atoms with Crippen LogP contribution in [0.25, 0.3) is 0 Å². The first kappa shape index (κ1) is 18.3. The van der Waals surface area contributed by atoms with Gasteiger partial charge in [0.1, 0.15) is 18.4 Å². The van der Waals surface area contributed by atoms with E-state index in [1.807, 2.05) is 0 Å². The summed E-state index contributed by atoms with van der Waals surface area (Å²) in [5.41, 5.74) is 0. The van der Waals surface area contributed by atoms with Gasteiger partial charge in [0.15, 0.2) is 5.76 Å². The van der Waals surface area contributed by atoms with Gasteiger partial charge in [-0.3, -0.25) is 4.79 Å². The summed E-state index contributed by atoms with van der Waals surface area (Å²) >= 11 is 0. The Labute approximate surface area is 144 Å². The van der Waals surface area contributed by atoms with Crippen molar-refractivity contribution in [1.82, 2.24) is 5.32 Å². The molecule has 134 valence electrons. The number of carbonyl (C=O) groups excluding carboxylic acids is 3. The van der Waals surface area contributed by atoms with Crippen LogP contribution in [-0.2, 0) is 20.9 Å². The minimum atomic E-state index is -0.854. The molecule has 0 saturated heterocycles. The lowest BCUT2D eigenvalue weighted by molar-refractivity contribution is -0.149. The molecule has 0 bridgehead atoms. The van der Waals surface area contributed by atoms with E-state index in [1.165, 1.54) is 31.6 Å². The second-order valence-electron chi connectivity index (χ2n) is 5.54. The number of ether oxygens (including phenoxy) is 2. The maximum atomic E-state index is 12.3. The Hall–Kier alpha value is -3.03. The Bertz CT molecular complexity index is 730. The zero-order valence-corrected chi connectivity index (χ0v) is 14.1. The van der Waals surface area contributed by atoms with Gasteiger partial charge in [0, 0.05) is 0 Å². The minimum Gasteiger partial charge on any atom is -0.463 e. The lowest BCUT2D eigenvalue weighted by Crippen LogP contribution is -2.45. The molecule has 0 aliphatic heterocycles. The molecule has 2 rings (SSSR count). The summed E-state index contributed by atoms with van der Waals surface area (Å²) in [6, 6.07) is 5.15. The van der Waals surface area contributed by atoms with E-state index in [2.05, 4.69) is 10.1 Å². The van der Waals surface area contributed by atoms with Crippen LogP contribution in [0.4, 0.5) is 0 Å². The van der Waals surface area contributed by atoms with Crippen LogP contribution in [0, 0.1) is 5.92 Å². The molecular weight excluding hydrogens is 330 g/mol. The van der Waals surface area contributed by atoms with Crippen molar-refractivity contribution in [3.05, 3.63) is 47.8 Å². The third-order valence-electron chi connectivity index (χ3n) is 3.36. The summed E-state index contributed by atoms with van der Waals surface area (Å²) in [6.07, 6.45) is 1.37. The molecular formula is C17H19NO7. The van der Waals surface area contributed by atoms with Crippen LogP contribution in [0.15, 0.2) is 39.4 Å². The molecule has 0 radical (unpaired) electrons. The number of hydrogen-bond donors (Lipinski definition) is 1. The lowest BCUT2D eigenvalue weighted by atomic mass is 10.0. The molecule has 0 aliphatic carbocycles. The van der Waals surface area contributed by atoms with Gasteiger partial charge in [0.25, 0.3) is 5.91 Å². The summed E-state index contributed by atoms with van der Waals surface area (Å²) in [5, 5.41) is 2.58. The highest BCUT2D eigenvalue weighted by Gasteiger charge is 2.27. The Morgan fingerprint density at radius 1 is 1.16 bits per heavy atom. The molecule has 2 aromatic heterocycles. The molecule has 1 amide bonds. The fourth-order valence-corrected chi connectivity index (χ4v) is 2.02. The van der Waals surface area contributed by atoms with Gasteiger partial charge in [-0.15, -0.1) is 0 Å². The van der Waals surface area contributed by atoms with Gasteiger partial charge in [-0.1, -0.05) is 13.8 Å². The van der Waals surface area contributed by atoms with E-state index in [9.17, 15) is 14.4 Å². The average Bonchev–Trinajstić information content (AvgIpc) is 3.27. The number of amides is 1. The van der Waals surface area contributed by atoms with Gasteiger partial charge in [-0.25, -0.2) is 9.59 Å². The van der Waals surface area contributed by atoms with Gasteiger partial charge in [-0.2, -0.15) is 0 Å². The van der Waals surface area contributed by atoms with Crippen molar-refractivity contribution in [3.63, 3.8) is 0 Å². The molecule has 8 heteroatoms. The van der Waals surface area contributed by atoms with Crippen molar-refractivity contribution in [3.8, 4) is 0 Å². The van der Waals surface area contributed by atoms with Crippen molar-refractivity contribution >= 4 is 17.8 Å². The van der Waals surface area contributed by atoms with E-state index in [0.29, 0.717) is 0 Å². The molecule has 0 fully saturated rings. The molecule has 1 N–H and O–H groups in total. The Balaban J connectivity index is 1.95. The van der Waals surface area contributed by atoms with Gasteiger partial charge in [-0.05, 0) is 30.2 Å². The molecule has 1 atom stereocenters. The van der Waals surface area contributed by atoms with Crippen LogP contribution in [-0.4, -0.2) is 31.0 Å². The first-order valence-electron chi connectivity index (χ1n) is 7.60. The van der Waals surface area contributed by atoms with Gasteiger partial charge >= 0.3 is 11.9 Å². The van der Waals surface area contributed by atoms with Crippen LogP contribution in [0.5, 0.6) is 0 Å². The predicted octanol–water partition coefficient (Wildman–Crippen LogP) is 2.16. The van der Waals surface area contributed by atoms with Crippen molar-refractivity contribution in [2.24, 2.45) is 5.92 Å². The normalized spacial score (nSPS) is 11.8. The first-order valence-corrected chi connectivity index (χ1v) is 7.60. The zero-order valence-electron chi connectivity index (χ0n) is 14.1. The predicted molar refractivity (Wildman–Crippen MR) is 84.6 cm³/mol. The first-order chi connectivity index (χ1) is 11.9. The number of nitrogens with one attached hydrogen (secondary N) is 1. The molecule has 25 heavy (non-hydrogen) atoms. The van der Waals surface area contributed by atoms with Gasteiger partial charge in [0.2, 0.25) is 5.76 Å². The Morgan fingerprint density at radius 2 is 1.92 bits per heavy atom.